The van der Waals surface area contributed by atoms with E-state index in [9.17, 15) is 18.0 Å². The summed E-state index contributed by atoms with van der Waals surface area (Å²) in [4.78, 5) is 14.6. The summed E-state index contributed by atoms with van der Waals surface area (Å²) in [6.07, 6.45) is -4.60. The summed E-state index contributed by atoms with van der Waals surface area (Å²) in [5.74, 6) is -1.46. The molecule has 0 saturated heterocycles. The van der Waals surface area contributed by atoms with Crippen LogP contribution in [0.25, 0.3) is 0 Å². The largest absolute Gasteiger partial charge is 0.465 e. The minimum atomic E-state index is -4.60. The zero-order valence-electron chi connectivity index (χ0n) is 8.93. The predicted molar refractivity (Wildman–Crippen MR) is 61.8 cm³/mol. The minimum absolute atomic E-state index is 0.0435. The molecule has 0 aliphatic heterocycles. The Kier molecular flexibility index (Phi) is 5.51. The fraction of sp³-hybridized carbons (Fsp3) is 0.333. The number of rotatable bonds is 4. The van der Waals surface area contributed by atoms with E-state index in [4.69, 9.17) is 39.5 Å². The first-order chi connectivity index (χ1) is 8.69. The first-order valence-corrected chi connectivity index (χ1v) is 5.69. The van der Waals surface area contributed by atoms with Gasteiger partial charge in [0.1, 0.15) is 5.02 Å². The van der Waals surface area contributed by atoms with Crippen molar-refractivity contribution in [2.24, 2.45) is 0 Å². The summed E-state index contributed by atoms with van der Waals surface area (Å²) >= 11 is 16.8. The van der Waals surface area contributed by atoms with Gasteiger partial charge < -0.3 is 9.47 Å². The number of nitrogens with zero attached hydrogens (tertiary/aromatic N) is 1. The number of carbonyl (C=O) groups is 1. The van der Waals surface area contributed by atoms with Crippen molar-refractivity contribution in [3.8, 4) is 5.88 Å². The van der Waals surface area contributed by atoms with Crippen molar-refractivity contribution in [2.75, 3.05) is 13.2 Å². The summed E-state index contributed by atoms with van der Waals surface area (Å²) < 4.78 is 43.9. The molecule has 0 saturated carbocycles. The Hall–Kier alpha value is -0.920. The first kappa shape index (κ1) is 16.1. The predicted octanol–water partition coefficient (Wildman–Crippen LogP) is 3.53. The van der Waals surface area contributed by atoms with Crippen LogP contribution in [-0.2, 0) is 9.53 Å². The van der Waals surface area contributed by atoms with Crippen molar-refractivity contribution in [2.45, 2.75) is 6.18 Å². The summed E-state index contributed by atoms with van der Waals surface area (Å²) in [6, 6.07) is 1.22. The van der Waals surface area contributed by atoms with Gasteiger partial charge in [0.05, 0.1) is 5.02 Å². The lowest BCUT2D eigenvalue weighted by atomic mass is 10.5. The third-order valence-corrected chi connectivity index (χ3v) is 2.52. The van der Waals surface area contributed by atoms with Crippen LogP contribution in [-0.4, -0.2) is 30.3 Å². The Morgan fingerprint density at radius 1 is 1.26 bits per heavy atom. The van der Waals surface area contributed by atoms with Crippen LogP contribution in [0.3, 0.4) is 0 Å². The number of aromatic nitrogens is 1. The number of ether oxygens (including phenoxy) is 2. The Morgan fingerprint density at radius 3 is 2.47 bits per heavy atom. The topological polar surface area (TPSA) is 48.4 Å². The van der Waals surface area contributed by atoms with Crippen molar-refractivity contribution in [3.05, 3.63) is 21.3 Å². The summed E-state index contributed by atoms with van der Waals surface area (Å²) in [7, 11) is 0. The van der Waals surface area contributed by atoms with Gasteiger partial charge in [-0.15, -0.1) is 0 Å². The third kappa shape index (κ3) is 5.71. The van der Waals surface area contributed by atoms with Crippen molar-refractivity contribution in [3.63, 3.8) is 0 Å². The average Bonchev–Trinajstić information content (AvgIpc) is 2.28. The molecule has 4 nitrogen and oxygen atoms in total. The van der Waals surface area contributed by atoms with Gasteiger partial charge in [0, 0.05) is 0 Å². The molecule has 0 aliphatic rings. The molecule has 0 spiro atoms. The van der Waals surface area contributed by atoms with E-state index in [1.807, 2.05) is 0 Å². The fourth-order valence-electron chi connectivity index (χ4n) is 0.861. The second kappa shape index (κ2) is 6.49. The lowest BCUT2D eigenvalue weighted by molar-refractivity contribution is -0.187. The van der Waals surface area contributed by atoms with Crippen LogP contribution in [0.1, 0.15) is 0 Å². The monoisotopic (exact) mass is 337 g/mol. The highest BCUT2D eigenvalue weighted by Crippen LogP contribution is 2.30. The lowest BCUT2D eigenvalue weighted by Gasteiger charge is -2.09. The summed E-state index contributed by atoms with van der Waals surface area (Å²) in [6.45, 7) is -2.49. The molecule has 0 unspecified atom stereocenters. The molecular weight excluding hydrogens is 333 g/mol. The van der Waals surface area contributed by atoms with Crippen LogP contribution in [0.4, 0.5) is 13.2 Å². The van der Waals surface area contributed by atoms with Crippen LogP contribution < -0.4 is 4.74 Å². The number of esters is 1. The molecule has 0 amide bonds. The molecule has 1 heterocycles. The van der Waals surface area contributed by atoms with Gasteiger partial charge in [-0.3, -0.25) is 0 Å². The van der Waals surface area contributed by atoms with Crippen LogP contribution >= 0.6 is 34.8 Å². The maximum absolute atomic E-state index is 11.8. The number of pyridine rings is 1. The van der Waals surface area contributed by atoms with E-state index in [0.717, 1.165) is 0 Å². The molecule has 0 radical (unpaired) electrons. The summed E-state index contributed by atoms with van der Waals surface area (Å²) in [5.41, 5.74) is 0. The van der Waals surface area contributed by atoms with Gasteiger partial charge in [0.15, 0.2) is 18.4 Å². The molecule has 1 aromatic heterocycles. The van der Waals surface area contributed by atoms with Gasteiger partial charge in [0.25, 0.3) is 0 Å². The van der Waals surface area contributed by atoms with Gasteiger partial charge in [-0.25, -0.2) is 4.79 Å². The maximum atomic E-state index is 11.8. The van der Waals surface area contributed by atoms with E-state index in [2.05, 4.69) is 9.72 Å². The average molecular weight is 338 g/mol. The van der Waals surface area contributed by atoms with Gasteiger partial charge in [-0.05, 0) is 6.07 Å². The maximum Gasteiger partial charge on any atom is 0.422 e. The highest BCUT2D eigenvalue weighted by molar-refractivity contribution is 6.42. The van der Waals surface area contributed by atoms with Gasteiger partial charge in [-0.1, -0.05) is 34.8 Å². The second-order valence-electron chi connectivity index (χ2n) is 3.11. The Bertz CT molecular complexity index is 482. The van der Waals surface area contributed by atoms with E-state index in [1.54, 1.807) is 0 Å². The van der Waals surface area contributed by atoms with E-state index in [1.165, 1.54) is 6.07 Å². The minimum Gasteiger partial charge on any atom is -0.465 e. The first-order valence-electron chi connectivity index (χ1n) is 4.56. The number of hydrogen-bond donors (Lipinski definition) is 0. The van der Waals surface area contributed by atoms with Crippen LogP contribution in [0.5, 0.6) is 5.88 Å². The smallest absolute Gasteiger partial charge is 0.422 e. The van der Waals surface area contributed by atoms with Crippen molar-refractivity contribution in [1.82, 2.24) is 4.98 Å². The number of carbonyl (C=O) groups excluding carboxylic acids is 1. The molecule has 0 fully saturated rings. The lowest BCUT2D eigenvalue weighted by Crippen LogP contribution is -2.23. The second-order valence-corrected chi connectivity index (χ2v) is 4.28. The van der Waals surface area contributed by atoms with E-state index >= 15 is 0 Å². The van der Waals surface area contributed by atoms with Crippen molar-refractivity contribution >= 4 is 40.8 Å². The quantitative estimate of drug-likeness (QED) is 0.622. The van der Waals surface area contributed by atoms with E-state index < -0.39 is 25.4 Å². The Labute approximate surface area is 120 Å². The van der Waals surface area contributed by atoms with Crippen molar-refractivity contribution < 1.29 is 27.4 Å². The molecule has 1 rings (SSSR count). The van der Waals surface area contributed by atoms with Crippen LogP contribution in [0.15, 0.2) is 6.07 Å². The van der Waals surface area contributed by atoms with Crippen molar-refractivity contribution in [1.29, 1.82) is 0 Å². The van der Waals surface area contributed by atoms with E-state index in [0.29, 0.717) is 0 Å². The molecule has 0 aromatic carbocycles. The normalized spacial score (nSPS) is 11.3. The molecule has 106 valence electrons. The third-order valence-electron chi connectivity index (χ3n) is 1.58. The Balaban J connectivity index is 2.53. The fourth-order valence-corrected chi connectivity index (χ4v) is 1.41. The van der Waals surface area contributed by atoms with Crippen LogP contribution in [0.2, 0.25) is 15.2 Å². The number of halogens is 6. The Morgan fingerprint density at radius 2 is 1.89 bits per heavy atom. The van der Waals surface area contributed by atoms with Gasteiger partial charge in [-0.2, -0.15) is 18.2 Å². The van der Waals surface area contributed by atoms with Gasteiger partial charge >= 0.3 is 12.1 Å². The highest BCUT2D eigenvalue weighted by Gasteiger charge is 2.29. The molecule has 10 heteroatoms. The molecule has 0 aliphatic carbocycles. The van der Waals surface area contributed by atoms with E-state index in [-0.39, 0.29) is 21.1 Å². The molecule has 1 aromatic rings. The molecule has 0 N–H and O–H groups in total. The molecule has 0 atom stereocenters. The molecular formula is C9H5Cl3F3NO3. The van der Waals surface area contributed by atoms with Crippen LogP contribution in [0, 0.1) is 0 Å². The molecule has 19 heavy (non-hydrogen) atoms. The zero-order chi connectivity index (χ0) is 14.6. The summed E-state index contributed by atoms with van der Waals surface area (Å²) in [5, 5.41) is -0.0959. The van der Waals surface area contributed by atoms with Gasteiger partial charge in [0.2, 0.25) is 5.88 Å². The number of hydrogen-bond acceptors (Lipinski definition) is 4. The molecule has 0 bridgehead atoms. The standard InChI is InChI=1S/C9H5Cl3F3NO3/c10-4-1-5(11)8(16-7(4)12)18-2-6(17)19-3-9(13,14)15/h1H,2-3H2. The SMILES string of the molecule is O=C(COc1nc(Cl)c(Cl)cc1Cl)OCC(F)(F)F. The number of alkyl halides is 3. The zero-order valence-corrected chi connectivity index (χ0v) is 11.2. The highest BCUT2D eigenvalue weighted by atomic mass is 35.5.